The molecule has 0 saturated carbocycles. The lowest BCUT2D eigenvalue weighted by Crippen LogP contribution is -2.31. The molecule has 90 valence electrons. The fraction of sp³-hybridized carbons (Fsp3) is 0.556. The minimum Gasteiger partial charge on any atom is -0.390 e. The maximum atomic E-state index is 12.8. The van der Waals surface area contributed by atoms with Crippen molar-refractivity contribution in [3.05, 3.63) is 16.5 Å². The minimum absolute atomic E-state index is 0.224. The predicted molar refractivity (Wildman–Crippen MR) is 57.0 cm³/mol. The summed E-state index contributed by atoms with van der Waals surface area (Å²) in [7, 11) is 0. The number of halogens is 3. The first-order valence-electron chi connectivity index (χ1n) is 4.59. The fourth-order valence-electron chi connectivity index (χ4n) is 1.04. The van der Waals surface area contributed by atoms with Crippen LogP contribution in [0.4, 0.5) is 14.6 Å². The van der Waals surface area contributed by atoms with Gasteiger partial charge in [-0.2, -0.15) is 0 Å². The van der Waals surface area contributed by atoms with E-state index in [1.807, 2.05) is 0 Å². The van der Waals surface area contributed by atoms with Crippen molar-refractivity contribution >= 4 is 17.4 Å². The number of nitrogens with zero attached hydrogens (tertiary/aromatic N) is 2. The van der Waals surface area contributed by atoms with Gasteiger partial charge in [-0.3, -0.25) is 0 Å². The van der Waals surface area contributed by atoms with Gasteiger partial charge >= 0.3 is 0 Å². The summed E-state index contributed by atoms with van der Waals surface area (Å²) in [5.41, 5.74) is 0.501. The average Bonchev–Trinajstić information content (AvgIpc) is 2.21. The lowest BCUT2D eigenvalue weighted by atomic mass is 10.3. The van der Waals surface area contributed by atoms with Crippen LogP contribution in [-0.2, 0) is 0 Å². The number of alkyl halides is 2. The molecule has 0 radical (unpaired) electrons. The highest BCUT2D eigenvalue weighted by Crippen LogP contribution is 2.21. The summed E-state index contributed by atoms with van der Waals surface area (Å²) in [6.07, 6.45) is 0. The molecule has 0 saturated heterocycles. The van der Waals surface area contributed by atoms with E-state index in [1.165, 1.54) is 0 Å². The number of hydrogen-bond acceptors (Lipinski definition) is 4. The standard InChI is InChI=1S/C9H12ClF2N3O/c1-5-7(10)14-6(2)15-8(5)13-3-9(11,12)4-16/h16H,3-4H2,1-2H3,(H,13,14,15). The van der Waals surface area contributed by atoms with E-state index in [0.29, 0.717) is 11.4 Å². The van der Waals surface area contributed by atoms with Crippen molar-refractivity contribution in [2.75, 3.05) is 18.5 Å². The van der Waals surface area contributed by atoms with E-state index in [-0.39, 0.29) is 11.0 Å². The largest absolute Gasteiger partial charge is 0.390 e. The summed E-state index contributed by atoms with van der Waals surface area (Å²) in [5.74, 6) is -2.53. The Labute approximate surface area is 96.7 Å². The Morgan fingerprint density at radius 3 is 2.56 bits per heavy atom. The summed E-state index contributed by atoms with van der Waals surface area (Å²) < 4.78 is 25.6. The number of rotatable bonds is 4. The van der Waals surface area contributed by atoms with E-state index in [2.05, 4.69) is 15.3 Å². The van der Waals surface area contributed by atoms with Gasteiger partial charge in [0.1, 0.15) is 23.4 Å². The average molecular weight is 252 g/mol. The van der Waals surface area contributed by atoms with Gasteiger partial charge in [-0.15, -0.1) is 0 Å². The number of hydrogen-bond donors (Lipinski definition) is 2. The van der Waals surface area contributed by atoms with E-state index >= 15 is 0 Å². The van der Waals surface area contributed by atoms with Crippen LogP contribution in [-0.4, -0.2) is 34.1 Å². The van der Waals surface area contributed by atoms with Crippen molar-refractivity contribution in [3.63, 3.8) is 0 Å². The van der Waals surface area contributed by atoms with Gasteiger partial charge in [0, 0.05) is 5.56 Å². The first-order valence-corrected chi connectivity index (χ1v) is 4.97. The van der Waals surface area contributed by atoms with Crippen molar-refractivity contribution in [1.29, 1.82) is 0 Å². The van der Waals surface area contributed by atoms with E-state index in [0.717, 1.165) is 0 Å². The fourth-order valence-corrected chi connectivity index (χ4v) is 1.25. The molecule has 2 N–H and O–H groups in total. The second-order valence-electron chi connectivity index (χ2n) is 3.40. The predicted octanol–water partition coefficient (Wildman–Crippen LogP) is 1.79. The number of aliphatic hydroxyl groups is 1. The molecule has 7 heteroatoms. The summed E-state index contributed by atoms with van der Waals surface area (Å²) >= 11 is 5.77. The van der Waals surface area contributed by atoms with Crippen LogP contribution in [0.2, 0.25) is 5.15 Å². The zero-order chi connectivity index (χ0) is 12.3. The second-order valence-corrected chi connectivity index (χ2v) is 3.76. The maximum Gasteiger partial charge on any atom is 0.287 e. The molecule has 0 aliphatic carbocycles. The van der Waals surface area contributed by atoms with Crippen LogP contribution in [0.15, 0.2) is 0 Å². The summed E-state index contributed by atoms with van der Waals surface area (Å²) in [4.78, 5) is 7.83. The normalized spacial score (nSPS) is 11.6. The van der Waals surface area contributed by atoms with Gasteiger partial charge in [-0.1, -0.05) is 11.6 Å². The molecule has 0 aromatic carbocycles. The van der Waals surface area contributed by atoms with Gasteiger partial charge in [0.15, 0.2) is 0 Å². The van der Waals surface area contributed by atoms with Crippen LogP contribution in [0, 0.1) is 13.8 Å². The summed E-state index contributed by atoms with van der Waals surface area (Å²) in [6.45, 7) is 1.33. The quantitative estimate of drug-likeness (QED) is 0.801. The SMILES string of the molecule is Cc1nc(Cl)c(C)c(NCC(F)(F)CO)n1. The van der Waals surface area contributed by atoms with Crippen LogP contribution in [0.3, 0.4) is 0 Å². The highest BCUT2D eigenvalue weighted by molar-refractivity contribution is 6.30. The van der Waals surface area contributed by atoms with E-state index in [9.17, 15) is 8.78 Å². The first-order chi connectivity index (χ1) is 7.35. The van der Waals surface area contributed by atoms with Gasteiger partial charge in [0.05, 0.1) is 6.54 Å². The van der Waals surface area contributed by atoms with Crippen LogP contribution in [0.5, 0.6) is 0 Å². The monoisotopic (exact) mass is 251 g/mol. The molecule has 1 aromatic heterocycles. The van der Waals surface area contributed by atoms with Crippen molar-refractivity contribution < 1.29 is 13.9 Å². The lowest BCUT2D eigenvalue weighted by Gasteiger charge is -2.16. The van der Waals surface area contributed by atoms with Crippen molar-refractivity contribution in [1.82, 2.24) is 9.97 Å². The Hall–Kier alpha value is -1.01. The van der Waals surface area contributed by atoms with Crippen LogP contribution in [0.1, 0.15) is 11.4 Å². The molecule has 1 aromatic rings. The van der Waals surface area contributed by atoms with Gasteiger partial charge in [-0.25, -0.2) is 18.7 Å². The van der Waals surface area contributed by atoms with Crippen molar-refractivity contribution in [3.8, 4) is 0 Å². The third-order valence-electron chi connectivity index (χ3n) is 1.94. The molecule has 4 nitrogen and oxygen atoms in total. The molecule has 0 atom stereocenters. The second kappa shape index (κ2) is 4.88. The molecule has 16 heavy (non-hydrogen) atoms. The van der Waals surface area contributed by atoms with E-state index < -0.39 is 19.1 Å². The van der Waals surface area contributed by atoms with Gasteiger partial charge in [0.2, 0.25) is 0 Å². The zero-order valence-electron chi connectivity index (χ0n) is 8.89. The molecule has 0 amide bonds. The molecule has 0 fully saturated rings. The van der Waals surface area contributed by atoms with Gasteiger partial charge < -0.3 is 10.4 Å². The number of nitrogens with one attached hydrogen (secondary N) is 1. The Morgan fingerprint density at radius 1 is 1.38 bits per heavy atom. The Balaban J connectivity index is 2.82. The first kappa shape index (κ1) is 13.1. The zero-order valence-corrected chi connectivity index (χ0v) is 9.65. The van der Waals surface area contributed by atoms with Gasteiger partial charge in [-0.05, 0) is 13.8 Å². The summed E-state index contributed by atoms with van der Waals surface area (Å²) in [6, 6.07) is 0. The van der Waals surface area contributed by atoms with Crippen LogP contribution in [0.25, 0.3) is 0 Å². The molecular formula is C9H12ClF2N3O. The highest BCUT2D eigenvalue weighted by atomic mass is 35.5. The smallest absolute Gasteiger partial charge is 0.287 e. The van der Waals surface area contributed by atoms with Crippen LogP contribution >= 0.6 is 11.6 Å². The molecule has 0 aliphatic rings. The number of anilines is 1. The highest BCUT2D eigenvalue weighted by Gasteiger charge is 2.27. The van der Waals surface area contributed by atoms with Crippen molar-refractivity contribution in [2.45, 2.75) is 19.8 Å². The van der Waals surface area contributed by atoms with E-state index in [1.54, 1.807) is 13.8 Å². The van der Waals surface area contributed by atoms with E-state index in [4.69, 9.17) is 16.7 Å². The molecule has 1 heterocycles. The Bertz CT molecular complexity index is 387. The minimum atomic E-state index is -3.18. The number of aryl methyl sites for hydroxylation is 1. The molecule has 0 spiro atoms. The topological polar surface area (TPSA) is 58.0 Å². The molecule has 0 unspecified atom stereocenters. The molecular weight excluding hydrogens is 240 g/mol. The number of aliphatic hydroxyl groups excluding tert-OH is 1. The number of aromatic nitrogens is 2. The summed E-state index contributed by atoms with van der Waals surface area (Å²) in [5, 5.41) is 11.1. The Kier molecular flexibility index (Phi) is 3.98. The maximum absolute atomic E-state index is 12.8. The van der Waals surface area contributed by atoms with Gasteiger partial charge in [0.25, 0.3) is 5.92 Å². The lowest BCUT2D eigenvalue weighted by molar-refractivity contribution is -0.0373. The van der Waals surface area contributed by atoms with Crippen molar-refractivity contribution in [2.24, 2.45) is 0 Å². The van der Waals surface area contributed by atoms with Crippen LogP contribution < -0.4 is 5.32 Å². The molecule has 0 aliphatic heterocycles. The molecule has 1 rings (SSSR count). The third-order valence-corrected chi connectivity index (χ3v) is 2.31. The Morgan fingerprint density at radius 2 is 2.00 bits per heavy atom. The third kappa shape index (κ3) is 3.24. The molecule has 0 bridgehead atoms.